The molecule has 0 bridgehead atoms. The zero-order chi connectivity index (χ0) is 13.5. The van der Waals surface area contributed by atoms with Gasteiger partial charge in [-0.1, -0.05) is 19.4 Å². The maximum atomic E-state index is 12.0. The van der Waals surface area contributed by atoms with Gasteiger partial charge in [0.05, 0.1) is 6.04 Å². The lowest BCUT2D eigenvalue weighted by atomic mass is 10.1. The molecule has 1 rings (SSSR count). The quantitative estimate of drug-likeness (QED) is 0.823. The van der Waals surface area contributed by atoms with Crippen molar-refractivity contribution >= 4 is 11.6 Å². The highest BCUT2D eigenvalue weighted by Crippen LogP contribution is 2.19. The summed E-state index contributed by atoms with van der Waals surface area (Å²) in [5.41, 5.74) is 6.01. The number of nitrogens with two attached hydrogens (primary N) is 1. The molecule has 0 saturated heterocycles. The lowest BCUT2D eigenvalue weighted by Gasteiger charge is -2.12. The molecule has 0 heterocycles. The summed E-state index contributed by atoms with van der Waals surface area (Å²) in [7, 11) is 0. The smallest absolute Gasteiger partial charge is 0.387 e. The highest BCUT2D eigenvalue weighted by Gasteiger charge is 2.12. The summed E-state index contributed by atoms with van der Waals surface area (Å²) < 4.78 is 28.3. The third-order valence-electron chi connectivity index (χ3n) is 2.26. The summed E-state index contributed by atoms with van der Waals surface area (Å²) in [6, 6.07) is 5.19. The predicted octanol–water partition coefficient (Wildman–Crippen LogP) is 2.35. The molecule has 0 spiro atoms. The Morgan fingerprint density at radius 1 is 1.50 bits per heavy atom. The number of nitrogens with one attached hydrogen (secondary N) is 1. The lowest BCUT2D eigenvalue weighted by molar-refractivity contribution is -0.117. The van der Waals surface area contributed by atoms with Gasteiger partial charge in [0.2, 0.25) is 5.91 Å². The Labute approximate surface area is 104 Å². The van der Waals surface area contributed by atoms with Crippen LogP contribution < -0.4 is 15.8 Å². The molecule has 0 radical (unpaired) electrons. The second-order valence-electron chi connectivity index (χ2n) is 3.79. The van der Waals surface area contributed by atoms with Crippen LogP contribution in [-0.2, 0) is 4.79 Å². The second-order valence-corrected chi connectivity index (χ2v) is 3.79. The maximum Gasteiger partial charge on any atom is 0.387 e. The molecule has 1 unspecified atom stereocenters. The zero-order valence-electron chi connectivity index (χ0n) is 10.0. The molecule has 0 aliphatic rings. The van der Waals surface area contributed by atoms with Crippen molar-refractivity contribution in [3.63, 3.8) is 0 Å². The van der Waals surface area contributed by atoms with Crippen molar-refractivity contribution in [1.82, 2.24) is 0 Å². The van der Waals surface area contributed by atoms with Gasteiger partial charge in [0.25, 0.3) is 0 Å². The standard InChI is InChI=1S/C12H16F2N2O2/c1-2-4-10(15)11(17)16-8-5-3-6-9(7-8)18-12(13)14/h3,5-7,10,12H,2,4,15H2,1H3,(H,16,17). The number of carbonyl (C=O) groups is 1. The van der Waals surface area contributed by atoms with Crippen LogP contribution in [0.5, 0.6) is 5.75 Å². The van der Waals surface area contributed by atoms with Crippen molar-refractivity contribution in [2.45, 2.75) is 32.4 Å². The van der Waals surface area contributed by atoms with E-state index in [1.54, 1.807) is 6.07 Å². The van der Waals surface area contributed by atoms with Gasteiger partial charge in [-0.25, -0.2) is 0 Å². The van der Waals surface area contributed by atoms with Crippen LogP contribution in [0.3, 0.4) is 0 Å². The highest BCUT2D eigenvalue weighted by molar-refractivity contribution is 5.94. The monoisotopic (exact) mass is 258 g/mol. The molecule has 1 atom stereocenters. The average molecular weight is 258 g/mol. The van der Waals surface area contributed by atoms with Crippen LogP contribution in [0.2, 0.25) is 0 Å². The number of hydrogen-bond donors (Lipinski definition) is 2. The molecule has 4 nitrogen and oxygen atoms in total. The molecule has 18 heavy (non-hydrogen) atoms. The molecular formula is C12H16F2N2O2. The van der Waals surface area contributed by atoms with Crippen LogP contribution in [0.15, 0.2) is 24.3 Å². The first-order chi connectivity index (χ1) is 8.52. The Bertz CT molecular complexity index is 399. The normalized spacial score (nSPS) is 12.3. The summed E-state index contributed by atoms with van der Waals surface area (Å²) in [5, 5.41) is 2.55. The van der Waals surface area contributed by atoms with E-state index in [-0.39, 0.29) is 11.7 Å². The van der Waals surface area contributed by atoms with E-state index in [1.807, 2.05) is 6.92 Å². The molecule has 6 heteroatoms. The van der Waals surface area contributed by atoms with E-state index in [0.717, 1.165) is 6.42 Å². The SMILES string of the molecule is CCCC(N)C(=O)Nc1cccc(OC(F)F)c1. The second kappa shape index (κ2) is 6.90. The minimum atomic E-state index is -2.89. The Balaban J connectivity index is 2.64. The minimum absolute atomic E-state index is 0.00753. The minimum Gasteiger partial charge on any atom is -0.435 e. The molecule has 0 saturated carbocycles. The largest absolute Gasteiger partial charge is 0.435 e. The number of alkyl halides is 2. The van der Waals surface area contributed by atoms with Crippen molar-refractivity contribution in [2.75, 3.05) is 5.32 Å². The van der Waals surface area contributed by atoms with Crippen LogP contribution in [0.1, 0.15) is 19.8 Å². The summed E-state index contributed by atoms with van der Waals surface area (Å²) in [4.78, 5) is 11.6. The van der Waals surface area contributed by atoms with E-state index in [0.29, 0.717) is 12.1 Å². The van der Waals surface area contributed by atoms with Gasteiger partial charge in [-0.2, -0.15) is 8.78 Å². The van der Waals surface area contributed by atoms with E-state index >= 15 is 0 Å². The molecule has 1 aromatic carbocycles. The van der Waals surface area contributed by atoms with E-state index in [1.165, 1.54) is 18.2 Å². The third-order valence-corrected chi connectivity index (χ3v) is 2.26. The Morgan fingerprint density at radius 3 is 2.83 bits per heavy atom. The van der Waals surface area contributed by atoms with E-state index in [2.05, 4.69) is 10.1 Å². The zero-order valence-corrected chi connectivity index (χ0v) is 10.0. The number of rotatable bonds is 6. The Hall–Kier alpha value is -1.69. The number of halogens is 2. The van der Waals surface area contributed by atoms with Crippen molar-refractivity contribution in [3.05, 3.63) is 24.3 Å². The number of carbonyl (C=O) groups excluding carboxylic acids is 1. The summed E-state index contributed by atoms with van der Waals surface area (Å²) in [6.45, 7) is -0.970. The molecule has 1 amide bonds. The van der Waals surface area contributed by atoms with Gasteiger partial charge in [-0.3, -0.25) is 4.79 Å². The predicted molar refractivity (Wildman–Crippen MR) is 64.6 cm³/mol. The first kappa shape index (κ1) is 14.4. The molecular weight excluding hydrogens is 242 g/mol. The summed E-state index contributed by atoms with van der Waals surface area (Å²) >= 11 is 0. The Kier molecular flexibility index (Phi) is 5.51. The lowest BCUT2D eigenvalue weighted by Crippen LogP contribution is -2.35. The topological polar surface area (TPSA) is 64.4 Å². The fraction of sp³-hybridized carbons (Fsp3) is 0.417. The van der Waals surface area contributed by atoms with Crippen LogP contribution in [-0.4, -0.2) is 18.6 Å². The fourth-order valence-electron chi connectivity index (χ4n) is 1.43. The molecule has 0 aliphatic carbocycles. The number of amides is 1. The number of hydrogen-bond acceptors (Lipinski definition) is 3. The van der Waals surface area contributed by atoms with Crippen LogP contribution in [0.4, 0.5) is 14.5 Å². The van der Waals surface area contributed by atoms with Crippen molar-refractivity contribution in [3.8, 4) is 5.75 Å². The highest BCUT2D eigenvalue weighted by atomic mass is 19.3. The number of ether oxygens (including phenoxy) is 1. The van der Waals surface area contributed by atoms with Gasteiger partial charge in [0.15, 0.2) is 0 Å². The first-order valence-corrected chi connectivity index (χ1v) is 5.64. The molecule has 0 fully saturated rings. The molecule has 0 aromatic heterocycles. The van der Waals surface area contributed by atoms with Crippen molar-refractivity contribution < 1.29 is 18.3 Å². The van der Waals surface area contributed by atoms with Crippen LogP contribution in [0, 0.1) is 0 Å². The van der Waals surface area contributed by atoms with E-state index in [4.69, 9.17) is 5.73 Å². The molecule has 3 N–H and O–H groups in total. The summed E-state index contributed by atoms with van der Waals surface area (Å²) in [5.74, 6) is -0.349. The first-order valence-electron chi connectivity index (χ1n) is 5.64. The average Bonchev–Trinajstić information content (AvgIpc) is 2.28. The van der Waals surface area contributed by atoms with Gasteiger partial charge in [-0.15, -0.1) is 0 Å². The van der Waals surface area contributed by atoms with Gasteiger partial charge < -0.3 is 15.8 Å². The summed E-state index contributed by atoms with van der Waals surface area (Å²) in [6.07, 6.45) is 1.36. The van der Waals surface area contributed by atoms with Gasteiger partial charge in [-0.05, 0) is 18.6 Å². The molecule has 1 aromatic rings. The van der Waals surface area contributed by atoms with E-state index in [9.17, 15) is 13.6 Å². The van der Waals surface area contributed by atoms with Gasteiger partial charge in [0.1, 0.15) is 5.75 Å². The van der Waals surface area contributed by atoms with Gasteiger partial charge in [0, 0.05) is 11.8 Å². The Morgan fingerprint density at radius 2 is 2.22 bits per heavy atom. The van der Waals surface area contributed by atoms with Crippen molar-refractivity contribution in [2.24, 2.45) is 5.73 Å². The number of benzene rings is 1. The van der Waals surface area contributed by atoms with Crippen LogP contribution >= 0.6 is 0 Å². The van der Waals surface area contributed by atoms with Crippen LogP contribution in [0.25, 0.3) is 0 Å². The van der Waals surface area contributed by atoms with Crippen molar-refractivity contribution in [1.29, 1.82) is 0 Å². The van der Waals surface area contributed by atoms with Gasteiger partial charge >= 0.3 is 6.61 Å². The molecule has 0 aliphatic heterocycles. The fourth-order valence-corrected chi connectivity index (χ4v) is 1.43. The van der Waals surface area contributed by atoms with E-state index < -0.39 is 12.7 Å². The molecule has 100 valence electrons. The third kappa shape index (κ3) is 4.67. The number of anilines is 1. The maximum absolute atomic E-state index is 12.0.